The first-order valence-electron chi connectivity index (χ1n) is 8.18. The SMILES string of the molecule is C[C@]12C[C@H](O)[C@@H]3c4ccc(O)cc4CC[C@@H]3[C@@H]1CC[C@@H]2O. The lowest BCUT2D eigenvalue weighted by molar-refractivity contribution is -0.0798. The molecule has 3 aliphatic rings. The normalized spacial score (nSPS) is 44.8. The molecule has 0 aromatic heterocycles. The molecule has 0 amide bonds. The number of aliphatic hydroxyl groups excluding tert-OH is 2. The number of phenols is 1. The minimum Gasteiger partial charge on any atom is -0.508 e. The molecule has 1 aromatic rings. The Morgan fingerprint density at radius 3 is 2.76 bits per heavy atom. The smallest absolute Gasteiger partial charge is 0.115 e. The van der Waals surface area contributed by atoms with E-state index in [2.05, 4.69) is 6.92 Å². The molecule has 0 saturated heterocycles. The van der Waals surface area contributed by atoms with E-state index in [1.54, 1.807) is 6.07 Å². The maximum Gasteiger partial charge on any atom is 0.115 e. The summed E-state index contributed by atoms with van der Waals surface area (Å²) in [6.07, 6.45) is 4.04. The number of benzene rings is 1. The molecule has 1 aromatic carbocycles. The Bertz CT molecular complexity index is 570. The number of aromatic hydroxyl groups is 1. The molecule has 21 heavy (non-hydrogen) atoms. The van der Waals surface area contributed by atoms with E-state index in [1.807, 2.05) is 12.1 Å². The minimum absolute atomic E-state index is 0.116. The van der Waals surface area contributed by atoms with Crippen molar-refractivity contribution in [3.05, 3.63) is 29.3 Å². The molecule has 3 nitrogen and oxygen atoms in total. The van der Waals surface area contributed by atoms with Crippen LogP contribution in [0.1, 0.15) is 49.7 Å². The second-order valence-electron chi connectivity index (χ2n) is 7.59. The van der Waals surface area contributed by atoms with Gasteiger partial charge in [0.1, 0.15) is 5.75 Å². The lowest BCUT2D eigenvalue weighted by Crippen LogP contribution is -2.50. The Labute approximate surface area is 125 Å². The van der Waals surface area contributed by atoms with Gasteiger partial charge in [-0.25, -0.2) is 0 Å². The number of fused-ring (bicyclic) bond motifs is 5. The quantitative estimate of drug-likeness (QED) is 0.687. The van der Waals surface area contributed by atoms with Crippen LogP contribution in [0, 0.1) is 17.3 Å². The van der Waals surface area contributed by atoms with E-state index in [4.69, 9.17) is 0 Å². The van der Waals surface area contributed by atoms with Crippen LogP contribution in [0.3, 0.4) is 0 Å². The van der Waals surface area contributed by atoms with E-state index in [1.165, 1.54) is 11.1 Å². The maximum atomic E-state index is 10.8. The molecule has 0 radical (unpaired) electrons. The van der Waals surface area contributed by atoms with Crippen LogP contribution in [0.4, 0.5) is 0 Å². The summed E-state index contributed by atoms with van der Waals surface area (Å²) in [5.74, 6) is 1.48. The van der Waals surface area contributed by atoms with Gasteiger partial charge in [-0.3, -0.25) is 0 Å². The van der Waals surface area contributed by atoms with Crippen LogP contribution in [-0.2, 0) is 6.42 Å². The summed E-state index contributed by atoms with van der Waals surface area (Å²) in [5, 5.41) is 30.8. The average Bonchev–Trinajstić information content (AvgIpc) is 2.74. The summed E-state index contributed by atoms with van der Waals surface area (Å²) in [6.45, 7) is 2.17. The Morgan fingerprint density at radius 1 is 1.14 bits per heavy atom. The minimum atomic E-state index is -0.382. The zero-order valence-electron chi connectivity index (χ0n) is 12.5. The molecule has 2 fully saturated rings. The fourth-order valence-electron chi connectivity index (χ4n) is 5.62. The summed E-state index contributed by atoms with van der Waals surface area (Å²) in [4.78, 5) is 0. The molecule has 0 spiro atoms. The van der Waals surface area contributed by atoms with E-state index in [0.29, 0.717) is 24.0 Å². The van der Waals surface area contributed by atoms with Gasteiger partial charge in [-0.1, -0.05) is 13.0 Å². The molecule has 0 unspecified atom stereocenters. The van der Waals surface area contributed by atoms with Gasteiger partial charge in [-0.2, -0.15) is 0 Å². The highest BCUT2D eigenvalue weighted by Crippen LogP contribution is 2.60. The van der Waals surface area contributed by atoms with Crippen molar-refractivity contribution in [1.82, 2.24) is 0 Å². The Kier molecular flexibility index (Phi) is 2.89. The van der Waals surface area contributed by atoms with Crippen LogP contribution in [0.25, 0.3) is 0 Å². The van der Waals surface area contributed by atoms with Crippen molar-refractivity contribution >= 4 is 0 Å². The van der Waals surface area contributed by atoms with Crippen molar-refractivity contribution in [3.8, 4) is 5.75 Å². The zero-order valence-corrected chi connectivity index (χ0v) is 12.5. The molecular weight excluding hydrogens is 264 g/mol. The second-order valence-corrected chi connectivity index (χ2v) is 7.59. The van der Waals surface area contributed by atoms with Gasteiger partial charge in [0.25, 0.3) is 0 Å². The molecule has 3 aliphatic carbocycles. The number of rotatable bonds is 0. The highest BCUT2D eigenvalue weighted by Gasteiger charge is 2.57. The van der Waals surface area contributed by atoms with Gasteiger partial charge in [-0.15, -0.1) is 0 Å². The number of hydrogen-bond donors (Lipinski definition) is 3. The topological polar surface area (TPSA) is 60.7 Å². The van der Waals surface area contributed by atoms with Gasteiger partial charge in [-0.05, 0) is 72.6 Å². The molecule has 0 aliphatic heterocycles. The van der Waals surface area contributed by atoms with Crippen LogP contribution < -0.4 is 0 Å². The highest BCUT2D eigenvalue weighted by molar-refractivity contribution is 5.40. The van der Waals surface area contributed by atoms with Gasteiger partial charge < -0.3 is 15.3 Å². The third kappa shape index (κ3) is 1.80. The maximum absolute atomic E-state index is 10.8. The Hall–Kier alpha value is -1.06. The number of phenolic OH excluding ortho intramolecular Hbond substituents is 1. The zero-order chi connectivity index (χ0) is 14.8. The number of hydrogen-bond acceptors (Lipinski definition) is 3. The van der Waals surface area contributed by atoms with Gasteiger partial charge in [0, 0.05) is 5.92 Å². The first-order chi connectivity index (χ1) is 10.0. The molecule has 2 saturated carbocycles. The highest BCUT2D eigenvalue weighted by atomic mass is 16.3. The first-order valence-corrected chi connectivity index (χ1v) is 8.18. The molecule has 114 valence electrons. The molecule has 6 atom stereocenters. The van der Waals surface area contributed by atoms with Crippen LogP contribution in [0.15, 0.2) is 18.2 Å². The molecule has 4 rings (SSSR count). The monoisotopic (exact) mass is 288 g/mol. The van der Waals surface area contributed by atoms with Crippen molar-refractivity contribution in [2.75, 3.05) is 0 Å². The number of aliphatic hydroxyl groups is 2. The standard InChI is InChI=1S/C18H24O3/c1-18-9-15(20)17-12-5-3-11(19)8-10(12)2-4-13(17)14(18)6-7-16(18)21/h3,5,8,13-17,19-21H,2,4,6-7,9H2,1H3/t13-,14+,15+,16+,17-,18+/m1/s1. The van der Waals surface area contributed by atoms with Crippen molar-refractivity contribution in [1.29, 1.82) is 0 Å². The van der Waals surface area contributed by atoms with E-state index < -0.39 is 0 Å². The van der Waals surface area contributed by atoms with E-state index in [0.717, 1.165) is 25.7 Å². The Balaban J connectivity index is 1.76. The van der Waals surface area contributed by atoms with Crippen LogP contribution in [0.5, 0.6) is 5.75 Å². The molecule has 0 heterocycles. The lowest BCUT2D eigenvalue weighted by Gasteiger charge is -2.52. The third-order valence-corrected chi connectivity index (χ3v) is 6.63. The van der Waals surface area contributed by atoms with Gasteiger partial charge in [0.05, 0.1) is 12.2 Å². The van der Waals surface area contributed by atoms with E-state index in [-0.39, 0.29) is 23.5 Å². The van der Waals surface area contributed by atoms with Crippen molar-refractivity contribution in [2.45, 2.75) is 57.2 Å². The predicted molar refractivity (Wildman–Crippen MR) is 80.1 cm³/mol. The fourth-order valence-corrected chi connectivity index (χ4v) is 5.62. The molecular formula is C18H24O3. The second kappa shape index (κ2) is 4.47. The summed E-state index contributed by atoms with van der Waals surface area (Å²) in [5.41, 5.74) is 2.30. The van der Waals surface area contributed by atoms with Crippen molar-refractivity contribution < 1.29 is 15.3 Å². The molecule has 0 bridgehead atoms. The number of aryl methyl sites for hydroxylation is 1. The average molecular weight is 288 g/mol. The van der Waals surface area contributed by atoms with Gasteiger partial charge >= 0.3 is 0 Å². The summed E-state index contributed by atoms with van der Waals surface area (Å²) >= 11 is 0. The lowest BCUT2D eigenvalue weighted by atomic mass is 9.54. The van der Waals surface area contributed by atoms with Crippen LogP contribution in [0.2, 0.25) is 0 Å². The summed E-state index contributed by atoms with van der Waals surface area (Å²) < 4.78 is 0. The van der Waals surface area contributed by atoms with E-state index >= 15 is 0 Å². The van der Waals surface area contributed by atoms with E-state index in [9.17, 15) is 15.3 Å². The Morgan fingerprint density at radius 2 is 1.95 bits per heavy atom. The summed E-state index contributed by atoms with van der Waals surface area (Å²) in [7, 11) is 0. The van der Waals surface area contributed by atoms with Crippen LogP contribution >= 0.6 is 0 Å². The third-order valence-electron chi connectivity index (χ3n) is 6.63. The van der Waals surface area contributed by atoms with Gasteiger partial charge in [0.15, 0.2) is 0 Å². The largest absolute Gasteiger partial charge is 0.508 e. The van der Waals surface area contributed by atoms with Crippen LogP contribution in [-0.4, -0.2) is 27.5 Å². The molecule has 3 N–H and O–H groups in total. The first kappa shape index (κ1) is 13.6. The van der Waals surface area contributed by atoms with Gasteiger partial charge in [0.2, 0.25) is 0 Å². The summed E-state index contributed by atoms with van der Waals surface area (Å²) in [6, 6.07) is 5.60. The predicted octanol–water partition coefficient (Wildman–Crippen LogP) is 2.58. The van der Waals surface area contributed by atoms with Crippen molar-refractivity contribution in [2.24, 2.45) is 17.3 Å². The fraction of sp³-hybridized carbons (Fsp3) is 0.667. The van der Waals surface area contributed by atoms with Crippen molar-refractivity contribution in [3.63, 3.8) is 0 Å². The molecule has 3 heteroatoms.